The summed E-state index contributed by atoms with van der Waals surface area (Å²) < 4.78 is 39.5. The Bertz CT molecular complexity index is 1340. The van der Waals surface area contributed by atoms with Crippen LogP contribution in [0.25, 0.3) is 11.1 Å². The zero-order valence-corrected chi connectivity index (χ0v) is 18.9. The van der Waals surface area contributed by atoms with Crippen LogP contribution in [0.5, 0.6) is 17.2 Å². The molecule has 170 valence electrons. The van der Waals surface area contributed by atoms with E-state index in [-0.39, 0.29) is 23.9 Å². The van der Waals surface area contributed by atoms with Crippen LogP contribution in [-0.2, 0) is 26.7 Å². The van der Waals surface area contributed by atoms with Crippen LogP contribution in [0.3, 0.4) is 0 Å². The van der Waals surface area contributed by atoms with E-state index >= 15 is 0 Å². The number of nitrogens with two attached hydrogens (primary N) is 1. The molecule has 3 aromatic rings. The van der Waals surface area contributed by atoms with E-state index in [1.807, 2.05) is 36.4 Å². The molecule has 1 heterocycles. The molecule has 5 rings (SSSR count). The first-order valence-electron chi connectivity index (χ1n) is 10.5. The van der Waals surface area contributed by atoms with E-state index < -0.39 is 15.4 Å². The van der Waals surface area contributed by atoms with Gasteiger partial charge in [0.05, 0.1) is 17.4 Å². The lowest BCUT2D eigenvalue weighted by Crippen LogP contribution is -2.22. The average molecular weight is 466 g/mol. The van der Waals surface area contributed by atoms with Gasteiger partial charge in [0.15, 0.2) is 11.5 Å². The van der Waals surface area contributed by atoms with Crippen molar-refractivity contribution in [1.29, 1.82) is 0 Å². The summed E-state index contributed by atoms with van der Waals surface area (Å²) in [5, 5.41) is 5.20. The molecule has 0 unspecified atom stereocenters. The third kappa shape index (κ3) is 3.96. The summed E-state index contributed by atoms with van der Waals surface area (Å²) in [6.07, 6.45) is 1.90. The molecular weight excluding hydrogens is 442 g/mol. The van der Waals surface area contributed by atoms with E-state index in [2.05, 4.69) is 0 Å². The molecule has 0 saturated heterocycles. The molecule has 2 N–H and O–H groups in total. The zero-order valence-electron chi connectivity index (χ0n) is 18.0. The maximum atomic E-state index is 13.4. The van der Waals surface area contributed by atoms with Crippen molar-refractivity contribution in [3.05, 3.63) is 71.8 Å². The molecule has 1 aliphatic carbocycles. The standard InChI is InChI=1S/C25H23NO6S/c1-30-21-8-2-16(12-20(21)17-3-6-19(7-4-17)33(26,28)29)13-24(27)25(10-11-25)18-5-9-22-23(14-18)32-15-31-22/h2-9,12,14H,10-11,13,15H2,1H3,(H2,26,28,29). The van der Waals surface area contributed by atoms with Crippen molar-refractivity contribution < 1.29 is 27.4 Å². The van der Waals surface area contributed by atoms with Gasteiger partial charge < -0.3 is 14.2 Å². The lowest BCUT2D eigenvalue weighted by molar-refractivity contribution is -0.120. The Labute approximate surface area is 192 Å². The molecule has 0 aromatic heterocycles. The number of Topliss-reactive ketones (excluding diaryl/α,β-unsaturated/α-hetero) is 1. The molecule has 0 bridgehead atoms. The van der Waals surface area contributed by atoms with Crippen molar-refractivity contribution in [3.8, 4) is 28.4 Å². The first kappa shape index (κ1) is 21.5. The highest BCUT2D eigenvalue weighted by Crippen LogP contribution is 2.51. The number of rotatable bonds is 7. The number of methoxy groups -OCH3 is 1. The van der Waals surface area contributed by atoms with Crippen LogP contribution in [0.4, 0.5) is 0 Å². The number of sulfonamides is 1. The molecule has 1 saturated carbocycles. The Morgan fingerprint density at radius 1 is 1.00 bits per heavy atom. The fourth-order valence-electron chi connectivity index (χ4n) is 4.32. The predicted octanol–water partition coefficient (Wildman–Crippen LogP) is 3.58. The van der Waals surface area contributed by atoms with Crippen LogP contribution in [0, 0.1) is 0 Å². The molecule has 0 amide bonds. The van der Waals surface area contributed by atoms with Gasteiger partial charge in [-0.3, -0.25) is 4.79 Å². The SMILES string of the molecule is COc1ccc(CC(=O)C2(c3ccc4c(c3)OCO4)CC2)cc1-c1ccc(S(N)(=O)=O)cc1. The molecule has 2 aliphatic rings. The number of fused-ring (bicyclic) bond motifs is 1. The van der Waals surface area contributed by atoms with Crippen molar-refractivity contribution in [1.82, 2.24) is 0 Å². The van der Waals surface area contributed by atoms with E-state index in [0.717, 1.165) is 35.1 Å². The predicted molar refractivity (Wildman–Crippen MR) is 122 cm³/mol. The third-order valence-electron chi connectivity index (χ3n) is 6.33. The largest absolute Gasteiger partial charge is 0.496 e. The summed E-state index contributed by atoms with van der Waals surface area (Å²) in [7, 11) is -2.20. The fourth-order valence-corrected chi connectivity index (χ4v) is 4.83. The number of hydrogen-bond donors (Lipinski definition) is 1. The van der Waals surface area contributed by atoms with Gasteiger partial charge >= 0.3 is 0 Å². The average Bonchev–Trinajstić information content (AvgIpc) is 3.49. The van der Waals surface area contributed by atoms with Crippen molar-refractivity contribution >= 4 is 15.8 Å². The van der Waals surface area contributed by atoms with Gasteiger partial charge in [-0.25, -0.2) is 13.6 Å². The van der Waals surface area contributed by atoms with E-state index in [1.165, 1.54) is 12.1 Å². The van der Waals surface area contributed by atoms with Gasteiger partial charge in [-0.1, -0.05) is 24.3 Å². The summed E-state index contributed by atoms with van der Waals surface area (Å²) in [5.74, 6) is 2.17. The van der Waals surface area contributed by atoms with Gasteiger partial charge in [-0.05, 0) is 65.9 Å². The normalized spacial score (nSPS) is 15.8. The first-order chi connectivity index (χ1) is 15.8. The van der Waals surface area contributed by atoms with Crippen LogP contribution in [0.15, 0.2) is 65.6 Å². The van der Waals surface area contributed by atoms with Crippen molar-refractivity contribution in [3.63, 3.8) is 0 Å². The highest BCUT2D eigenvalue weighted by Gasteiger charge is 2.50. The Hall–Kier alpha value is -3.36. The minimum absolute atomic E-state index is 0.0379. The van der Waals surface area contributed by atoms with Gasteiger partial charge in [0.2, 0.25) is 16.8 Å². The molecule has 3 aromatic carbocycles. The maximum Gasteiger partial charge on any atom is 0.238 e. The Balaban J connectivity index is 1.42. The molecule has 0 atom stereocenters. The van der Waals surface area contributed by atoms with Crippen molar-refractivity contribution in [2.75, 3.05) is 13.9 Å². The lowest BCUT2D eigenvalue weighted by atomic mass is 9.87. The van der Waals surface area contributed by atoms with Gasteiger partial charge in [0.25, 0.3) is 0 Å². The van der Waals surface area contributed by atoms with E-state index in [4.69, 9.17) is 19.3 Å². The lowest BCUT2D eigenvalue weighted by Gasteiger charge is -2.16. The number of ether oxygens (including phenoxy) is 3. The first-order valence-corrected chi connectivity index (χ1v) is 12.1. The quantitative estimate of drug-likeness (QED) is 0.572. The molecule has 0 radical (unpaired) electrons. The van der Waals surface area contributed by atoms with Crippen LogP contribution < -0.4 is 19.3 Å². The van der Waals surface area contributed by atoms with Crippen LogP contribution >= 0.6 is 0 Å². The number of carbonyl (C=O) groups is 1. The van der Waals surface area contributed by atoms with Crippen molar-refractivity contribution in [2.45, 2.75) is 29.6 Å². The second kappa shape index (κ2) is 7.90. The number of benzene rings is 3. The Morgan fingerprint density at radius 2 is 1.73 bits per heavy atom. The molecule has 1 aliphatic heterocycles. The molecule has 33 heavy (non-hydrogen) atoms. The second-order valence-electron chi connectivity index (χ2n) is 8.35. The Morgan fingerprint density at radius 3 is 2.39 bits per heavy atom. The minimum atomic E-state index is -3.77. The number of hydrogen-bond acceptors (Lipinski definition) is 6. The van der Waals surface area contributed by atoms with Crippen LogP contribution in [-0.4, -0.2) is 28.1 Å². The minimum Gasteiger partial charge on any atom is -0.496 e. The second-order valence-corrected chi connectivity index (χ2v) is 9.92. The summed E-state index contributed by atoms with van der Waals surface area (Å²) in [6.45, 7) is 0.201. The topological polar surface area (TPSA) is 105 Å². The molecule has 8 heteroatoms. The Kier molecular flexibility index (Phi) is 5.14. The summed E-state index contributed by atoms with van der Waals surface area (Å²) in [5.41, 5.74) is 2.88. The van der Waals surface area contributed by atoms with Gasteiger partial charge in [0, 0.05) is 12.0 Å². The highest BCUT2D eigenvalue weighted by molar-refractivity contribution is 7.89. The molecule has 7 nitrogen and oxygen atoms in total. The molecule has 1 fully saturated rings. The van der Waals surface area contributed by atoms with Crippen LogP contribution in [0.1, 0.15) is 24.0 Å². The summed E-state index contributed by atoms with van der Waals surface area (Å²) in [6, 6.07) is 17.6. The van der Waals surface area contributed by atoms with E-state index in [0.29, 0.717) is 17.2 Å². The summed E-state index contributed by atoms with van der Waals surface area (Å²) >= 11 is 0. The van der Waals surface area contributed by atoms with Gasteiger partial charge in [-0.15, -0.1) is 0 Å². The molecular formula is C25H23NO6S. The van der Waals surface area contributed by atoms with Gasteiger partial charge in [0.1, 0.15) is 11.5 Å². The maximum absolute atomic E-state index is 13.4. The summed E-state index contributed by atoms with van der Waals surface area (Å²) in [4.78, 5) is 13.4. The third-order valence-corrected chi connectivity index (χ3v) is 7.26. The number of primary sulfonamides is 1. The fraction of sp³-hybridized carbons (Fsp3) is 0.240. The van der Waals surface area contributed by atoms with Crippen LogP contribution in [0.2, 0.25) is 0 Å². The highest BCUT2D eigenvalue weighted by atomic mass is 32.2. The smallest absolute Gasteiger partial charge is 0.238 e. The number of ketones is 1. The van der Waals surface area contributed by atoms with Crippen molar-refractivity contribution in [2.24, 2.45) is 5.14 Å². The zero-order chi connectivity index (χ0) is 23.2. The molecule has 0 spiro atoms. The van der Waals surface area contributed by atoms with E-state index in [9.17, 15) is 13.2 Å². The number of carbonyl (C=O) groups excluding carboxylic acids is 1. The van der Waals surface area contributed by atoms with E-state index in [1.54, 1.807) is 19.2 Å². The monoisotopic (exact) mass is 465 g/mol. The van der Waals surface area contributed by atoms with Gasteiger partial charge in [-0.2, -0.15) is 0 Å².